The SMILES string of the molecule is CN1CCOC(CNc2nc(N)nc(-n3cncn3)n2)C1. The molecular formula is C11H17N9O. The number of anilines is 2. The second kappa shape index (κ2) is 5.97. The maximum absolute atomic E-state index is 5.69. The van der Waals surface area contributed by atoms with Crippen molar-refractivity contribution in [3.05, 3.63) is 12.7 Å². The third-order valence-corrected chi connectivity index (χ3v) is 3.09. The molecule has 2 aromatic rings. The number of nitrogens with two attached hydrogens (primary N) is 1. The molecule has 10 heteroatoms. The Morgan fingerprint density at radius 2 is 2.33 bits per heavy atom. The van der Waals surface area contributed by atoms with Crippen LogP contribution in [-0.4, -0.2) is 74.0 Å². The molecule has 112 valence electrons. The number of rotatable bonds is 4. The molecule has 0 amide bonds. The zero-order valence-corrected chi connectivity index (χ0v) is 11.7. The molecule has 0 saturated carbocycles. The maximum atomic E-state index is 5.69. The van der Waals surface area contributed by atoms with E-state index < -0.39 is 0 Å². The molecule has 2 aromatic heterocycles. The van der Waals surface area contributed by atoms with E-state index in [2.05, 4.69) is 42.3 Å². The molecule has 1 fully saturated rings. The van der Waals surface area contributed by atoms with E-state index in [9.17, 15) is 0 Å². The van der Waals surface area contributed by atoms with Gasteiger partial charge in [-0.3, -0.25) is 0 Å². The van der Waals surface area contributed by atoms with E-state index in [0.717, 1.165) is 19.7 Å². The van der Waals surface area contributed by atoms with Gasteiger partial charge in [0.1, 0.15) is 12.7 Å². The molecule has 10 nitrogen and oxygen atoms in total. The number of hydrogen-bond acceptors (Lipinski definition) is 9. The summed E-state index contributed by atoms with van der Waals surface area (Å²) in [5.41, 5.74) is 5.69. The summed E-state index contributed by atoms with van der Waals surface area (Å²) < 4.78 is 7.09. The molecule has 1 aliphatic rings. The molecule has 3 N–H and O–H groups in total. The van der Waals surface area contributed by atoms with Crippen LogP contribution in [0.3, 0.4) is 0 Å². The first kappa shape index (κ1) is 13.6. The van der Waals surface area contributed by atoms with Crippen LogP contribution in [0.2, 0.25) is 0 Å². The van der Waals surface area contributed by atoms with Crippen LogP contribution in [-0.2, 0) is 4.74 Å². The average molecular weight is 291 g/mol. The first-order chi connectivity index (χ1) is 10.2. The van der Waals surface area contributed by atoms with Crippen LogP contribution in [0.5, 0.6) is 0 Å². The lowest BCUT2D eigenvalue weighted by molar-refractivity contribution is -0.0118. The van der Waals surface area contributed by atoms with Crippen LogP contribution in [0.1, 0.15) is 0 Å². The molecule has 0 bridgehead atoms. The van der Waals surface area contributed by atoms with Crippen LogP contribution < -0.4 is 11.1 Å². The summed E-state index contributed by atoms with van der Waals surface area (Å²) in [6.07, 6.45) is 2.99. The summed E-state index contributed by atoms with van der Waals surface area (Å²) in [6, 6.07) is 0. The van der Waals surface area contributed by atoms with Crippen molar-refractivity contribution in [2.45, 2.75) is 6.10 Å². The molecule has 1 aliphatic heterocycles. The molecule has 1 unspecified atom stereocenters. The topological polar surface area (TPSA) is 120 Å². The molecular weight excluding hydrogens is 274 g/mol. The molecule has 0 spiro atoms. The number of morpholine rings is 1. The highest BCUT2D eigenvalue weighted by Gasteiger charge is 2.18. The molecule has 0 radical (unpaired) electrons. The van der Waals surface area contributed by atoms with Gasteiger partial charge in [0.2, 0.25) is 11.9 Å². The highest BCUT2D eigenvalue weighted by molar-refractivity contribution is 5.34. The molecule has 0 aromatic carbocycles. The van der Waals surface area contributed by atoms with E-state index in [-0.39, 0.29) is 12.1 Å². The highest BCUT2D eigenvalue weighted by atomic mass is 16.5. The number of nitrogen functional groups attached to an aromatic ring is 1. The Morgan fingerprint density at radius 3 is 3.10 bits per heavy atom. The van der Waals surface area contributed by atoms with Gasteiger partial charge in [-0.1, -0.05) is 0 Å². The summed E-state index contributed by atoms with van der Waals surface area (Å²) in [6.45, 7) is 3.14. The number of hydrogen-bond donors (Lipinski definition) is 2. The summed E-state index contributed by atoms with van der Waals surface area (Å²) in [7, 11) is 2.07. The summed E-state index contributed by atoms with van der Waals surface area (Å²) >= 11 is 0. The first-order valence-corrected chi connectivity index (χ1v) is 6.61. The maximum Gasteiger partial charge on any atom is 0.258 e. The van der Waals surface area contributed by atoms with Crippen LogP contribution in [0, 0.1) is 0 Å². The Kier molecular flexibility index (Phi) is 3.88. The smallest absolute Gasteiger partial charge is 0.258 e. The largest absolute Gasteiger partial charge is 0.374 e. The van der Waals surface area contributed by atoms with E-state index in [1.54, 1.807) is 0 Å². The predicted octanol–water partition coefficient (Wildman–Crippen LogP) is -1.22. The lowest BCUT2D eigenvalue weighted by Crippen LogP contribution is -2.43. The van der Waals surface area contributed by atoms with Crippen molar-refractivity contribution < 1.29 is 4.74 Å². The van der Waals surface area contributed by atoms with E-state index >= 15 is 0 Å². The number of ether oxygens (including phenoxy) is 1. The molecule has 21 heavy (non-hydrogen) atoms. The van der Waals surface area contributed by atoms with Crippen molar-refractivity contribution in [3.8, 4) is 5.95 Å². The van der Waals surface area contributed by atoms with Gasteiger partial charge in [-0.05, 0) is 7.05 Å². The summed E-state index contributed by atoms with van der Waals surface area (Å²) in [4.78, 5) is 18.4. The second-order valence-electron chi connectivity index (χ2n) is 4.79. The first-order valence-electron chi connectivity index (χ1n) is 6.61. The van der Waals surface area contributed by atoms with Gasteiger partial charge >= 0.3 is 0 Å². The number of aromatic nitrogens is 6. The van der Waals surface area contributed by atoms with Gasteiger partial charge in [0.15, 0.2) is 0 Å². The lowest BCUT2D eigenvalue weighted by Gasteiger charge is -2.30. The molecule has 0 aliphatic carbocycles. The van der Waals surface area contributed by atoms with Crippen molar-refractivity contribution in [2.75, 3.05) is 44.3 Å². The summed E-state index contributed by atoms with van der Waals surface area (Å²) in [5.74, 6) is 0.841. The van der Waals surface area contributed by atoms with Crippen molar-refractivity contribution >= 4 is 11.9 Å². The fourth-order valence-electron chi connectivity index (χ4n) is 2.07. The standard InChI is InChI=1S/C11H17N9O/c1-19-2-3-21-8(5-19)4-14-10-16-9(12)17-11(18-10)20-7-13-6-15-20/h6-8H,2-5H2,1H3,(H3,12,14,16,17,18). The minimum atomic E-state index is 0.0940. The summed E-state index contributed by atoms with van der Waals surface area (Å²) in [5, 5.41) is 7.09. The Balaban J connectivity index is 1.68. The van der Waals surface area contributed by atoms with Gasteiger partial charge in [0, 0.05) is 19.6 Å². The zero-order chi connectivity index (χ0) is 14.7. The van der Waals surface area contributed by atoms with Crippen LogP contribution in [0.25, 0.3) is 5.95 Å². The van der Waals surface area contributed by atoms with Gasteiger partial charge < -0.3 is 20.7 Å². The van der Waals surface area contributed by atoms with Gasteiger partial charge in [0.25, 0.3) is 5.95 Å². The van der Waals surface area contributed by atoms with Crippen LogP contribution in [0.15, 0.2) is 12.7 Å². The third kappa shape index (κ3) is 3.41. The molecule has 3 heterocycles. The Hall–Kier alpha value is -2.33. The molecule has 1 saturated heterocycles. The monoisotopic (exact) mass is 291 g/mol. The van der Waals surface area contributed by atoms with Gasteiger partial charge in [0.05, 0.1) is 12.7 Å². The number of likely N-dealkylation sites (N-methyl/N-ethyl adjacent to an activating group) is 1. The minimum absolute atomic E-state index is 0.0940. The van der Waals surface area contributed by atoms with E-state index in [1.807, 2.05) is 0 Å². The van der Waals surface area contributed by atoms with Crippen molar-refractivity contribution in [1.82, 2.24) is 34.6 Å². The third-order valence-electron chi connectivity index (χ3n) is 3.09. The van der Waals surface area contributed by atoms with E-state index in [0.29, 0.717) is 18.4 Å². The molecule has 3 rings (SSSR count). The van der Waals surface area contributed by atoms with Gasteiger partial charge in [-0.15, -0.1) is 0 Å². The van der Waals surface area contributed by atoms with Crippen molar-refractivity contribution in [1.29, 1.82) is 0 Å². The predicted molar refractivity (Wildman–Crippen MR) is 74.9 cm³/mol. The minimum Gasteiger partial charge on any atom is -0.374 e. The quantitative estimate of drug-likeness (QED) is 0.713. The van der Waals surface area contributed by atoms with E-state index in [4.69, 9.17) is 10.5 Å². The van der Waals surface area contributed by atoms with Gasteiger partial charge in [-0.2, -0.15) is 24.7 Å². The zero-order valence-electron chi connectivity index (χ0n) is 11.7. The van der Waals surface area contributed by atoms with Crippen LogP contribution >= 0.6 is 0 Å². The Morgan fingerprint density at radius 1 is 1.43 bits per heavy atom. The fourth-order valence-corrected chi connectivity index (χ4v) is 2.07. The normalized spacial score (nSPS) is 19.6. The van der Waals surface area contributed by atoms with Crippen molar-refractivity contribution in [2.24, 2.45) is 0 Å². The van der Waals surface area contributed by atoms with Crippen molar-refractivity contribution in [3.63, 3.8) is 0 Å². The van der Waals surface area contributed by atoms with E-state index in [1.165, 1.54) is 17.3 Å². The average Bonchev–Trinajstić information content (AvgIpc) is 2.99. The lowest BCUT2D eigenvalue weighted by atomic mass is 10.3. The van der Waals surface area contributed by atoms with Gasteiger partial charge in [-0.25, -0.2) is 4.98 Å². The second-order valence-corrected chi connectivity index (χ2v) is 4.79. The fraction of sp³-hybridized carbons (Fsp3) is 0.545. The number of nitrogens with zero attached hydrogens (tertiary/aromatic N) is 7. The highest BCUT2D eigenvalue weighted by Crippen LogP contribution is 2.08. The Bertz CT molecular complexity index is 587. The van der Waals surface area contributed by atoms with Crippen LogP contribution in [0.4, 0.5) is 11.9 Å². The molecule has 1 atom stereocenters. The Labute approximate surface area is 121 Å². The number of nitrogens with one attached hydrogen (secondary N) is 1.